The summed E-state index contributed by atoms with van der Waals surface area (Å²) in [5.41, 5.74) is 1.78. The van der Waals surface area contributed by atoms with E-state index in [1.54, 1.807) is 0 Å². The average Bonchev–Trinajstić information content (AvgIpc) is 2.79. The maximum absolute atomic E-state index is 12.4. The lowest BCUT2D eigenvalue weighted by atomic mass is 9.47. The molecular weight excluding hydrogens is 272 g/mol. The fraction of sp³-hybridized carbons (Fsp3) is 0.850. The summed E-state index contributed by atoms with van der Waals surface area (Å²) in [4.78, 5) is 12.4. The van der Waals surface area contributed by atoms with E-state index in [0.29, 0.717) is 23.5 Å². The van der Waals surface area contributed by atoms with Crippen molar-refractivity contribution < 1.29 is 9.90 Å². The van der Waals surface area contributed by atoms with Crippen molar-refractivity contribution in [3.63, 3.8) is 0 Å². The summed E-state index contributed by atoms with van der Waals surface area (Å²) in [6.07, 6.45) is 9.75. The van der Waals surface area contributed by atoms with E-state index in [1.165, 1.54) is 12.0 Å². The van der Waals surface area contributed by atoms with Gasteiger partial charge in [-0.05, 0) is 61.7 Å². The van der Waals surface area contributed by atoms with E-state index in [0.717, 1.165) is 44.4 Å². The zero-order valence-electron chi connectivity index (χ0n) is 14.3. The number of hydrogen-bond acceptors (Lipinski definition) is 2. The van der Waals surface area contributed by atoms with Crippen LogP contribution in [0.25, 0.3) is 0 Å². The van der Waals surface area contributed by atoms with Gasteiger partial charge in [0.25, 0.3) is 0 Å². The van der Waals surface area contributed by atoms with Crippen LogP contribution in [0.15, 0.2) is 11.6 Å². The van der Waals surface area contributed by atoms with Gasteiger partial charge < -0.3 is 5.11 Å². The van der Waals surface area contributed by atoms with Gasteiger partial charge in [0.2, 0.25) is 0 Å². The number of carbonyl (C=O) groups excluding carboxylic acids is 1. The Balaban J connectivity index is 1.71. The van der Waals surface area contributed by atoms with Crippen molar-refractivity contribution in [2.45, 2.75) is 71.8 Å². The van der Waals surface area contributed by atoms with Gasteiger partial charge >= 0.3 is 0 Å². The smallest absolute Gasteiger partial charge is 0.139 e. The molecule has 0 saturated heterocycles. The normalized spacial score (nSPS) is 54.3. The van der Waals surface area contributed by atoms with E-state index in [9.17, 15) is 9.90 Å². The Hall–Kier alpha value is -0.630. The van der Waals surface area contributed by atoms with Gasteiger partial charge in [-0.1, -0.05) is 32.4 Å². The number of ketones is 1. The summed E-state index contributed by atoms with van der Waals surface area (Å²) < 4.78 is 0. The lowest BCUT2D eigenvalue weighted by Crippen LogP contribution is -2.52. The Labute approximate surface area is 134 Å². The highest BCUT2D eigenvalue weighted by Crippen LogP contribution is 2.64. The van der Waals surface area contributed by atoms with Crippen molar-refractivity contribution in [1.82, 2.24) is 0 Å². The minimum absolute atomic E-state index is 0.0251. The van der Waals surface area contributed by atoms with Crippen LogP contribution < -0.4 is 0 Å². The minimum atomic E-state index is -0.155. The molecule has 3 fully saturated rings. The third-order valence-electron chi connectivity index (χ3n) is 8.26. The fourth-order valence-electron chi connectivity index (χ4n) is 6.83. The van der Waals surface area contributed by atoms with Crippen LogP contribution in [-0.4, -0.2) is 17.0 Å². The molecule has 0 aliphatic heterocycles. The summed E-state index contributed by atoms with van der Waals surface area (Å²) in [6, 6.07) is 0. The van der Waals surface area contributed by atoms with Crippen LogP contribution in [0.5, 0.6) is 0 Å². The average molecular weight is 302 g/mol. The Morgan fingerprint density at radius 1 is 1.09 bits per heavy atom. The third kappa shape index (κ3) is 1.74. The molecule has 0 aromatic heterocycles. The van der Waals surface area contributed by atoms with E-state index in [2.05, 4.69) is 26.8 Å². The molecule has 122 valence electrons. The van der Waals surface area contributed by atoms with Crippen molar-refractivity contribution in [3.8, 4) is 0 Å². The molecule has 0 aromatic carbocycles. The lowest BCUT2D eigenvalue weighted by molar-refractivity contribution is -0.132. The number of hydrogen-bond donors (Lipinski definition) is 1. The Morgan fingerprint density at radius 3 is 2.55 bits per heavy atom. The van der Waals surface area contributed by atoms with Gasteiger partial charge in [0.15, 0.2) is 0 Å². The number of aliphatic hydroxyl groups excluding tert-OH is 1. The number of Topliss-reactive ketones (excluding diaryl/α,β-unsaturated/α-hetero) is 1. The molecule has 0 bridgehead atoms. The van der Waals surface area contributed by atoms with Crippen molar-refractivity contribution in [2.75, 3.05) is 0 Å². The number of aliphatic hydroxyl groups is 1. The maximum atomic E-state index is 12.4. The van der Waals surface area contributed by atoms with Gasteiger partial charge in [0.1, 0.15) is 5.78 Å². The molecule has 0 unspecified atom stereocenters. The van der Waals surface area contributed by atoms with Gasteiger partial charge in [0.05, 0.1) is 6.10 Å². The van der Waals surface area contributed by atoms with Gasteiger partial charge in [0, 0.05) is 17.8 Å². The zero-order valence-corrected chi connectivity index (χ0v) is 14.3. The second-order valence-corrected chi connectivity index (χ2v) is 9.00. The lowest BCUT2D eigenvalue weighted by Gasteiger charge is -2.58. The number of allylic oxidation sites excluding steroid dienone is 1. The van der Waals surface area contributed by atoms with Crippen LogP contribution in [0.2, 0.25) is 0 Å². The van der Waals surface area contributed by atoms with Crippen LogP contribution in [0.3, 0.4) is 0 Å². The SMILES string of the molecule is C[C@H]1C2=CC[C@@H]3[C@H](CC[C@]4(C)C(=O)CC[C@@H]34)[C@@]2(C)CC[C@@H]1O. The predicted molar refractivity (Wildman–Crippen MR) is 87.3 cm³/mol. The highest BCUT2D eigenvalue weighted by molar-refractivity contribution is 5.87. The van der Waals surface area contributed by atoms with Crippen molar-refractivity contribution in [3.05, 3.63) is 11.6 Å². The highest BCUT2D eigenvalue weighted by atomic mass is 16.3. The minimum Gasteiger partial charge on any atom is -0.393 e. The largest absolute Gasteiger partial charge is 0.393 e. The number of rotatable bonds is 0. The molecule has 7 atom stereocenters. The summed E-state index contributed by atoms with van der Waals surface area (Å²) >= 11 is 0. The molecule has 0 spiro atoms. The topological polar surface area (TPSA) is 37.3 Å². The molecule has 3 saturated carbocycles. The second-order valence-electron chi connectivity index (χ2n) is 9.00. The van der Waals surface area contributed by atoms with Crippen LogP contribution in [0.1, 0.15) is 65.7 Å². The van der Waals surface area contributed by atoms with Gasteiger partial charge in [-0.2, -0.15) is 0 Å². The summed E-state index contributed by atoms with van der Waals surface area (Å²) in [6.45, 7) is 6.91. The molecule has 2 nitrogen and oxygen atoms in total. The van der Waals surface area contributed by atoms with E-state index in [4.69, 9.17) is 0 Å². The van der Waals surface area contributed by atoms with E-state index in [-0.39, 0.29) is 16.9 Å². The van der Waals surface area contributed by atoms with Crippen LogP contribution in [0, 0.1) is 34.5 Å². The predicted octanol–water partition coefficient (Wildman–Crippen LogP) is 4.13. The summed E-state index contributed by atoms with van der Waals surface area (Å²) in [5.74, 6) is 2.88. The summed E-state index contributed by atoms with van der Waals surface area (Å²) in [7, 11) is 0. The Morgan fingerprint density at radius 2 is 1.77 bits per heavy atom. The van der Waals surface area contributed by atoms with Crippen LogP contribution in [0.4, 0.5) is 0 Å². The van der Waals surface area contributed by atoms with Crippen molar-refractivity contribution in [1.29, 1.82) is 0 Å². The molecule has 22 heavy (non-hydrogen) atoms. The number of carbonyl (C=O) groups is 1. The first-order valence-corrected chi connectivity index (χ1v) is 9.30. The van der Waals surface area contributed by atoms with Gasteiger partial charge in [-0.3, -0.25) is 4.79 Å². The molecule has 0 aromatic rings. The second kappa shape index (κ2) is 4.69. The molecular formula is C20H30O2. The highest BCUT2D eigenvalue weighted by Gasteiger charge is 2.59. The molecule has 4 aliphatic carbocycles. The first kappa shape index (κ1) is 14.9. The Bertz CT molecular complexity index is 536. The van der Waals surface area contributed by atoms with Crippen LogP contribution in [-0.2, 0) is 4.79 Å². The molecule has 1 N–H and O–H groups in total. The first-order chi connectivity index (χ1) is 10.4. The first-order valence-electron chi connectivity index (χ1n) is 9.30. The van der Waals surface area contributed by atoms with E-state index in [1.807, 2.05) is 0 Å². The zero-order chi connectivity index (χ0) is 15.7. The molecule has 4 aliphatic rings. The van der Waals surface area contributed by atoms with Crippen molar-refractivity contribution >= 4 is 5.78 Å². The quantitative estimate of drug-likeness (QED) is 0.683. The summed E-state index contributed by atoms with van der Waals surface area (Å²) in [5, 5.41) is 10.3. The Kier molecular flexibility index (Phi) is 3.18. The molecule has 2 heteroatoms. The molecule has 0 radical (unpaired) electrons. The molecule has 0 heterocycles. The van der Waals surface area contributed by atoms with E-state index >= 15 is 0 Å². The molecule has 0 amide bonds. The number of fused-ring (bicyclic) bond motifs is 5. The standard InChI is InChI=1S/C20H30O2/c1-12-14-5-4-13-15-6-7-18(22)20(15,3)10-8-16(13)19(14,2)11-9-17(12)21/h5,12-13,15-17,21H,4,6-11H2,1-3H3/t12-,13-,15-,16-,17-,19-,20-/m0/s1. The third-order valence-corrected chi connectivity index (χ3v) is 8.26. The monoisotopic (exact) mass is 302 g/mol. The van der Waals surface area contributed by atoms with E-state index < -0.39 is 0 Å². The fourth-order valence-corrected chi connectivity index (χ4v) is 6.83. The van der Waals surface area contributed by atoms with Gasteiger partial charge in [-0.15, -0.1) is 0 Å². The van der Waals surface area contributed by atoms with Gasteiger partial charge in [-0.25, -0.2) is 0 Å². The molecule has 4 rings (SSSR count). The van der Waals surface area contributed by atoms with Crippen LogP contribution >= 0.6 is 0 Å². The van der Waals surface area contributed by atoms with Crippen molar-refractivity contribution in [2.24, 2.45) is 34.5 Å². The maximum Gasteiger partial charge on any atom is 0.139 e.